The molecule has 0 saturated heterocycles. The zero-order valence-corrected chi connectivity index (χ0v) is 32.9. The highest BCUT2D eigenvalue weighted by molar-refractivity contribution is 5.70. The predicted octanol–water partition coefficient (Wildman–Crippen LogP) is 13.4. The molecule has 0 rings (SSSR count). The number of hydrogen-bond donors (Lipinski definition) is 1. The summed E-state index contributed by atoms with van der Waals surface area (Å²) in [7, 11) is 0. The molecule has 0 aliphatic carbocycles. The van der Waals surface area contributed by atoms with Crippen LogP contribution in [-0.4, -0.2) is 36.4 Å². The molecule has 0 heterocycles. The standard InChI is InChI=1S/C45H80O5/c1-3-5-7-9-11-13-15-17-19-21-22-24-26-28-30-32-34-36-38-40-45(48)50-43(41-46)42-49-44(47)39-37-35-33-31-29-27-25-23-20-18-16-14-12-10-8-6-4-2/h17-20,25,27,31,33,43,46H,3-16,21-24,26,28-30,32,34-42H2,1-2H3/b19-17-,20-18-,27-25-,33-31-/t43-/m0/s1. The van der Waals surface area contributed by atoms with Crippen LogP contribution in [0.15, 0.2) is 48.6 Å². The van der Waals surface area contributed by atoms with E-state index in [-0.39, 0.29) is 25.2 Å². The number of ether oxygens (including phenoxy) is 2. The van der Waals surface area contributed by atoms with Gasteiger partial charge < -0.3 is 14.6 Å². The van der Waals surface area contributed by atoms with Gasteiger partial charge >= 0.3 is 11.9 Å². The first-order chi connectivity index (χ1) is 24.6. The number of hydrogen-bond acceptors (Lipinski definition) is 5. The maximum atomic E-state index is 12.2. The number of esters is 2. The van der Waals surface area contributed by atoms with Gasteiger partial charge in [-0.2, -0.15) is 0 Å². The largest absolute Gasteiger partial charge is 0.462 e. The van der Waals surface area contributed by atoms with E-state index in [0.717, 1.165) is 38.5 Å². The van der Waals surface area contributed by atoms with Crippen LogP contribution < -0.4 is 0 Å². The summed E-state index contributed by atoms with van der Waals surface area (Å²) in [5.41, 5.74) is 0. The molecule has 0 spiro atoms. The summed E-state index contributed by atoms with van der Waals surface area (Å²) in [5.74, 6) is -0.652. The molecule has 5 nitrogen and oxygen atoms in total. The Morgan fingerprint density at radius 1 is 0.460 bits per heavy atom. The van der Waals surface area contributed by atoms with Crippen LogP contribution in [0.2, 0.25) is 0 Å². The van der Waals surface area contributed by atoms with Crippen molar-refractivity contribution < 1.29 is 24.2 Å². The second-order valence-corrected chi connectivity index (χ2v) is 14.1. The Balaban J connectivity index is 3.61. The monoisotopic (exact) mass is 701 g/mol. The van der Waals surface area contributed by atoms with Gasteiger partial charge in [0.2, 0.25) is 0 Å². The van der Waals surface area contributed by atoms with Crippen molar-refractivity contribution in [2.24, 2.45) is 0 Å². The number of unbranched alkanes of at least 4 members (excludes halogenated alkanes) is 22. The van der Waals surface area contributed by atoms with Crippen molar-refractivity contribution in [3.05, 3.63) is 48.6 Å². The lowest BCUT2D eigenvalue weighted by atomic mass is 10.1. The minimum absolute atomic E-state index is 0.0927. The second kappa shape index (κ2) is 41.3. The van der Waals surface area contributed by atoms with Crippen LogP contribution in [0.4, 0.5) is 0 Å². The second-order valence-electron chi connectivity index (χ2n) is 14.1. The zero-order chi connectivity index (χ0) is 36.4. The van der Waals surface area contributed by atoms with E-state index in [1.165, 1.54) is 135 Å². The zero-order valence-electron chi connectivity index (χ0n) is 32.9. The van der Waals surface area contributed by atoms with Crippen molar-refractivity contribution in [1.29, 1.82) is 0 Å². The Bertz CT molecular complexity index is 842. The van der Waals surface area contributed by atoms with Crippen molar-refractivity contribution in [3.8, 4) is 0 Å². The van der Waals surface area contributed by atoms with Crippen LogP contribution in [0, 0.1) is 0 Å². The van der Waals surface area contributed by atoms with Crippen molar-refractivity contribution >= 4 is 11.9 Å². The summed E-state index contributed by atoms with van der Waals surface area (Å²) < 4.78 is 10.6. The Kier molecular flexibility index (Phi) is 39.5. The molecule has 0 unspecified atom stereocenters. The van der Waals surface area contributed by atoms with Gasteiger partial charge in [-0.3, -0.25) is 9.59 Å². The van der Waals surface area contributed by atoms with E-state index in [4.69, 9.17) is 9.47 Å². The maximum absolute atomic E-state index is 12.2. The molecule has 50 heavy (non-hydrogen) atoms. The molecule has 0 amide bonds. The topological polar surface area (TPSA) is 72.8 Å². The number of carbonyl (C=O) groups excluding carboxylic acids is 2. The van der Waals surface area contributed by atoms with Crippen LogP contribution in [0.25, 0.3) is 0 Å². The Labute approximate surface area is 309 Å². The summed E-state index contributed by atoms with van der Waals surface area (Å²) in [6.45, 7) is 4.09. The van der Waals surface area contributed by atoms with Gasteiger partial charge in [-0.1, -0.05) is 172 Å². The first-order valence-electron chi connectivity index (χ1n) is 21.2. The quantitative estimate of drug-likeness (QED) is 0.0394. The summed E-state index contributed by atoms with van der Waals surface area (Å²) in [5, 5.41) is 9.56. The molecule has 290 valence electrons. The van der Waals surface area contributed by atoms with Gasteiger partial charge in [0, 0.05) is 12.8 Å². The molecule has 0 aromatic rings. The lowest BCUT2D eigenvalue weighted by Gasteiger charge is -2.15. The fourth-order valence-corrected chi connectivity index (χ4v) is 5.86. The number of aliphatic hydroxyl groups is 1. The minimum Gasteiger partial charge on any atom is -0.462 e. The highest BCUT2D eigenvalue weighted by Crippen LogP contribution is 2.13. The van der Waals surface area contributed by atoms with Crippen molar-refractivity contribution in [1.82, 2.24) is 0 Å². The lowest BCUT2D eigenvalue weighted by molar-refractivity contribution is -0.161. The van der Waals surface area contributed by atoms with Crippen LogP contribution >= 0.6 is 0 Å². The van der Waals surface area contributed by atoms with Gasteiger partial charge in [-0.05, 0) is 70.6 Å². The number of aliphatic hydroxyl groups excluding tert-OH is 1. The molecular weight excluding hydrogens is 620 g/mol. The Hall–Kier alpha value is -2.14. The first-order valence-corrected chi connectivity index (χ1v) is 21.2. The average molecular weight is 701 g/mol. The molecule has 0 saturated carbocycles. The number of allylic oxidation sites excluding steroid dienone is 8. The van der Waals surface area contributed by atoms with Crippen molar-refractivity contribution in [2.75, 3.05) is 13.2 Å². The smallest absolute Gasteiger partial charge is 0.306 e. The fourth-order valence-electron chi connectivity index (χ4n) is 5.86. The SMILES string of the molecule is CCCCCCCC/C=C\C/C=C\C/C=C\CCCC(=O)OC[C@H](CO)OC(=O)CCCCCCCCCCC/C=C\CCCCCCCC. The Morgan fingerprint density at radius 3 is 1.28 bits per heavy atom. The summed E-state index contributed by atoms with van der Waals surface area (Å²) in [6, 6.07) is 0. The van der Waals surface area contributed by atoms with Crippen LogP contribution in [0.5, 0.6) is 0 Å². The van der Waals surface area contributed by atoms with Crippen LogP contribution in [0.1, 0.15) is 206 Å². The third kappa shape index (κ3) is 38.7. The fraction of sp³-hybridized carbons (Fsp3) is 0.778. The molecule has 0 fully saturated rings. The third-order valence-corrected chi connectivity index (χ3v) is 9.10. The van der Waals surface area contributed by atoms with E-state index >= 15 is 0 Å². The Morgan fingerprint density at radius 2 is 0.820 bits per heavy atom. The summed E-state index contributed by atoms with van der Waals surface area (Å²) in [4.78, 5) is 24.3. The van der Waals surface area contributed by atoms with E-state index in [9.17, 15) is 14.7 Å². The van der Waals surface area contributed by atoms with E-state index in [0.29, 0.717) is 19.3 Å². The molecule has 5 heteroatoms. The summed E-state index contributed by atoms with van der Waals surface area (Å²) in [6.07, 6.45) is 51.8. The highest BCUT2D eigenvalue weighted by atomic mass is 16.6. The minimum atomic E-state index is -0.792. The van der Waals surface area contributed by atoms with Crippen molar-refractivity contribution in [2.45, 2.75) is 213 Å². The van der Waals surface area contributed by atoms with Crippen molar-refractivity contribution in [3.63, 3.8) is 0 Å². The van der Waals surface area contributed by atoms with Gasteiger partial charge in [0.15, 0.2) is 6.10 Å². The van der Waals surface area contributed by atoms with Crippen LogP contribution in [0.3, 0.4) is 0 Å². The third-order valence-electron chi connectivity index (χ3n) is 9.10. The molecular formula is C45H80O5. The summed E-state index contributed by atoms with van der Waals surface area (Å²) >= 11 is 0. The first kappa shape index (κ1) is 47.9. The van der Waals surface area contributed by atoms with Gasteiger partial charge in [-0.25, -0.2) is 0 Å². The number of carbonyl (C=O) groups is 2. The van der Waals surface area contributed by atoms with E-state index in [1.807, 2.05) is 0 Å². The lowest BCUT2D eigenvalue weighted by Crippen LogP contribution is -2.28. The van der Waals surface area contributed by atoms with E-state index < -0.39 is 6.10 Å². The maximum Gasteiger partial charge on any atom is 0.306 e. The molecule has 0 aromatic carbocycles. The molecule has 0 aliphatic rings. The highest BCUT2D eigenvalue weighted by Gasteiger charge is 2.16. The van der Waals surface area contributed by atoms with Gasteiger partial charge in [0.25, 0.3) is 0 Å². The van der Waals surface area contributed by atoms with Gasteiger partial charge in [0.05, 0.1) is 6.61 Å². The number of rotatable bonds is 38. The molecule has 1 N–H and O–H groups in total. The predicted molar refractivity (Wildman–Crippen MR) is 214 cm³/mol. The van der Waals surface area contributed by atoms with Crippen LogP contribution in [-0.2, 0) is 19.1 Å². The molecule has 0 bridgehead atoms. The molecule has 0 aliphatic heterocycles. The van der Waals surface area contributed by atoms with Gasteiger partial charge in [-0.15, -0.1) is 0 Å². The molecule has 1 atom stereocenters. The van der Waals surface area contributed by atoms with E-state index in [1.54, 1.807) is 0 Å². The van der Waals surface area contributed by atoms with Gasteiger partial charge in [0.1, 0.15) is 6.61 Å². The van der Waals surface area contributed by atoms with E-state index in [2.05, 4.69) is 62.5 Å². The molecule has 0 radical (unpaired) electrons. The molecule has 0 aromatic heterocycles. The average Bonchev–Trinajstić information content (AvgIpc) is 3.12. The normalized spacial score (nSPS) is 12.6.